The molecule has 0 aliphatic heterocycles. The van der Waals surface area contributed by atoms with Gasteiger partial charge in [-0.3, -0.25) is 9.79 Å². The quantitative estimate of drug-likeness (QED) is 0.196. The van der Waals surface area contributed by atoms with Crippen LogP contribution in [-0.2, 0) is 16.1 Å². The van der Waals surface area contributed by atoms with Crippen molar-refractivity contribution in [1.29, 1.82) is 0 Å². The molecular formula is C20H36IN5O2. The van der Waals surface area contributed by atoms with Gasteiger partial charge in [-0.1, -0.05) is 30.3 Å². The lowest BCUT2D eigenvalue weighted by Gasteiger charge is -2.22. The molecule has 1 aromatic rings. The second-order valence-corrected chi connectivity index (χ2v) is 6.40. The van der Waals surface area contributed by atoms with Crippen LogP contribution in [0.5, 0.6) is 0 Å². The molecule has 0 spiro atoms. The minimum Gasteiger partial charge on any atom is -0.385 e. The Morgan fingerprint density at radius 1 is 1.18 bits per heavy atom. The molecule has 0 aliphatic rings. The number of ether oxygens (including phenoxy) is 1. The maximum absolute atomic E-state index is 12.5. The van der Waals surface area contributed by atoms with Gasteiger partial charge in [-0.15, -0.1) is 24.0 Å². The molecule has 0 atom stereocenters. The fourth-order valence-corrected chi connectivity index (χ4v) is 2.63. The van der Waals surface area contributed by atoms with Crippen LogP contribution in [0.4, 0.5) is 0 Å². The van der Waals surface area contributed by atoms with Crippen molar-refractivity contribution in [2.45, 2.75) is 19.9 Å². The molecule has 0 saturated carbocycles. The third-order valence-corrected chi connectivity index (χ3v) is 4.26. The Bertz CT molecular complexity index is 557. The highest BCUT2D eigenvalue weighted by molar-refractivity contribution is 14.0. The zero-order valence-electron chi connectivity index (χ0n) is 17.6. The number of rotatable bonds is 12. The summed E-state index contributed by atoms with van der Waals surface area (Å²) in [4.78, 5) is 20.7. The highest BCUT2D eigenvalue weighted by Crippen LogP contribution is 2.04. The van der Waals surface area contributed by atoms with Gasteiger partial charge in [-0.2, -0.15) is 0 Å². The van der Waals surface area contributed by atoms with Crippen LogP contribution in [0.2, 0.25) is 0 Å². The molecule has 1 aromatic carbocycles. The Balaban J connectivity index is 0.00000729. The number of amides is 1. The van der Waals surface area contributed by atoms with Gasteiger partial charge < -0.3 is 25.2 Å². The number of carbonyl (C=O) groups excluding carboxylic acids is 1. The van der Waals surface area contributed by atoms with Crippen LogP contribution >= 0.6 is 24.0 Å². The molecule has 0 aromatic heterocycles. The van der Waals surface area contributed by atoms with E-state index in [1.807, 2.05) is 42.2 Å². The van der Waals surface area contributed by atoms with Crippen LogP contribution < -0.4 is 10.6 Å². The third kappa shape index (κ3) is 11.5. The van der Waals surface area contributed by atoms with E-state index in [2.05, 4.69) is 27.6 Å². The smallest absolute Gasteiger partial charge is 0.242 e. The van der Waals surface area contributed by atoms with Gasteiger partial charge in [0.05, 0.1) is 6.54 Å². The Morgan fingerprint density at radius 2 is 1.89 bits per heavy atom. The van der Waals surface area contributed by atoms with Gasteiger partial charge in [0.2, 0.25) is 5.91 Å². The van der Waals surface area contributed by atoms with Gasteiger partial charge in [0.25, 0.3) is 0 Å². The van der Waals surface area contributed by atoms with E-state index in [9.17, 15) is 4.79 Å². The summed E-state index contributed by atoms with van der Waals surface area (Å²) < 4.78 is 5.07. The lowest BCUT2D eigenvalue weighted by Crippen LogP contribution is -2.46. The first-order valence-corrected chi connectivity index (χ1v) is 9.54. The summed E-state index contributed by atoms with van der Waals surface area (Å²) in [5.41, 5.74) is 1.13. The van der Waals surface area contributed by atoms with Gasteiger partial charge in [0.1, 0.15) is 0 Å². The van der Waals surface area contributed by atoms with Gasteiger partial charge in [0.15, 0.2) is 5.96 Å². The predicted molar refractivity (Wildman–Crippen MR) is 126 cm³/mol. The monoisotopic (exact) mass is 505 g/mol. The molecule has 0 fully saturated rings. The topological polar surface area (TPSA) is 69.2 Å². The van der Waals surface area contributed by atoms with Crippen LogP contribution in [0.25, 0.3) is 0 Å². The van der Waals surface area contributed by atoms with E-state index in [1.165, 1.54) is 0 Å². The largest absolute Gasteiger partial charge is 0.385 e. The number of methoxy groups -OCH3 is 1. The molecule has 8 heteroatoms. The standard InChI is InChI=1S/C20H35N5O2.HI/c1-5-25(17-18-10-7-6-8-11-18)19(26)16-23-20(21-2)22-12-14-24(3)13-9-15-27-4;/h6-8,10-11H,5,9,12-17H2,1-4H3,(H2,21,22,23);1H. The first-order valence-electron chi connectivity index (χ1n) is 9.54. The Labute approximate surface area is 186 Å². The van der Waals surface area contributed by atoms with Crippen molar-refractivity contribution in [1.82, 2.24) is 20.4 Å². The number of carbonyl (C=O) groups is 1. The van der Waals surface area contributed by atoms with E-state index in [-0.39, 0.29) is 36.4 Å². The first-order chi connectivity index (χ1) is 13.1. The zero-order valence-corrected chi connectivity index (χ0v) is 19.9. The zero-order chi connectivity index (χ0) is 19.9. The second kappa shape index (κ2) is 16.6. The van der Waals surface area contributed by atoms with Crippen molar-refractivity contribution in [2.24, 2.45) is 4.99 Å². The second-order valence-electron chi connectivity index (χ2n) is 6.40. The van der Waals surface area contributed by atoms with Crippen LogP contribution in [0.3, 0.4) is 0 Å². The number of guanidine groups is 1. The number of aliphatic imine (C=N–C) groups is 1. The molecule has 160 valence electrons. The normalized spacial score (nSPS) is 11.1. The molecule has 1 rings (SSSR count). The summed E-state index contributed by atoms with van der Waals surface area (Å²) in [6, 6.07) is 10.0. The van der Waals surface area contributed by atoms with Gasteiger partial charge in [-0.25, -0.2) is 0 Å². The Hall–Kier alpha value is -1.39. The van der Waals surface area contributed by atoms with Crippen LogP contribution in [-0.4, -0.2) is 82.2 Å². The fraction of sp³-hybridized carbons (Fsp3) is 0.600. The van der Waals surface area contributed by atoms with E-state index in [1.54, 1.807) is 14.2 Å². The maximum Gasteiger partial charge on any atom is 0.242 e. The average Bonchev–Trinajstić information content (AvgIpc) is 2.69. The van der Waals surface area contributed by atoms with Crippen molar-refractivity contribution in [3.8, 4) is 0 Å². The summed E-state index contributed by atoms with van der Waals surface area (Å²) in [5, 5.41) is 6.35. The number of benzene rings is 1. The van der Waals surface area contributed by atoms with E-state index in [0.717, 1.165) is 38.2 Å². The molecule has 28 heavy (non-hydrogen) atoms. The van der Waals surface area contributed by atoms with E-state index < -0.39 is 0 Å². The Kier molecular flexibility index (Phi) is 15.7. The summed E-state index contributed by atoms with van der Waals surface area (Å²) in [7, 11) is 5.52. The molecular weight excluding hydrogens is 469 g/mol. The molecule has 1 amide bonds. The van der Waals surface area contributed by atoms with Gasteiger partial charge in [0, 0.05) is 53.5 Å². The number of halogens is 1. The van der Waals surface area contributed by atoms with E-state index >= 15 is 0 Å². The van der Waals surface area contributed by atoms with Crippen molar-refractivity contribution in [3.05, 3.63) is 35.9 Å². The highest BCUT2D eigenvalue weighted by atomic mass is 127. The SMILES string of the molecule is CCN(Cc1ccccc1)C(=O)CNC(=NC)NCCN(C)CCCOC.I. The van der Waals surface area contributed by atoms with Crippen molar-refractivity contribution >= 4 is 35.8 Å². The summed E-state index contributed by atoms with van der Waals surface area (Å²) >= 11 is 0. The van der Waals surface area contributed by atoms with Gasteiger partial charge >= 0.3 is 0 Å². The molecule has 7 nitrogen and oxygen atoms in total. The maximum atomic E-state index is 12.5. The van der Waals surface area contributed by atoms with Gasteiger partial charge in [-0.05, 0) is 26.0 Å². The number of nitrogens with one attached hydrogen (secondary N) is 2. The van der Waals surface area contributed by atoms with E-state index in [4.69, 9.17) is 4.74 Å². The summed E-state index contributed by atoms with van der Waals surface area (Å²) in [6.07, 6.45) is 1.02. The molecule has 0 aliphatic carbocycles. The minimum atomic E-state index is 0. The number of hydrogen-bond donors (Lipinski definition) is 2. The molecule has 0 heterocycles. The summed E-state index contributed by atoms with van der Waals surface area (Å²) in [5.74, 6) is 0.699. The molecule has 2 N–H and O–H groups in total. The molecule has 0 unspecified atom stereocenters. The predicted octanol–water partition coefficient (Wildman–Crippen LogP) is 1.79. The Morgan fingerprint density at radius 3 is 2.50 bits per heavy atom. The molecule has 0 saturated heterocycles. The fourth-order valence-electron chi connectivity index (χ4n) is 2.63. The number of nitrogens with zero attached hydrogens (tertiary/aromatic N) is 3. The van der Waals surface area contributed by atoms with Crippen LogP contribution in [0.15, 0.2) is 35.3 Å². The van der Waals surface area contributed by atoms with Crippen LogP contribution in [0, 0.1) is 0 Å². The molecule has 0 radical (unpaired) electrons. The molecule has 0 bridgehead atoms. The lowest BCUT2D eigenvalue weighted by atomic mass is 10.2. The van der Waals surface area contributed by atoms with Crippen molar-refractivity contribution < 1.29 is 9.53 Å². The lowest BCUT2D eigenvalue weighted by molar-refractivity contribution is -0.130. The highest BCUT2D eigenvalue weighted by Gasteiger charge is 2.12. The van der Waals surface area contributed by atoms with Crippen molar-refractivity contribution in [2.75, 3.05) is 60.5 Å². The van der Waals surface area contributed by atoms with Crippen molar-refractivity contribution in [3.63, 3.8) is 0 Å². The minimum absolute atomic E-state index is 0. The summed E-state index contributed by atoms with van der Waals surface area (Å²) in [6.45, 7) is 6.94. The first kappa shape index (κ1) is 26.6. The third-order valence-electron chi connectivity index (χ3n) is 4.26. The average molecular weight is 505 g/mol. The van der Waals surface area contributed by atoms with Crippen LogP contribution in [0.1, 0.15) is 18.9 Å². The number of hydrogen-bond acceptors (Lipinski definition) is 4. The van der Waals surface area contributed by atoms with E-state index in [0.29, 0.717) is 19.0 Å². The number of likely N-dealkylation sites (N-methyl/N-ethyl adjacent to an activating group) is 2.